The van der Waals surface area contributed by atoms with E-state index in [1.165, 1.54) is 20.9 Å². The largest absolute Gasteiger partial charge is 0.129 e. The second-order valence-corrected chi connectivity index (χ2v) is 5.82. The normalized spacial score (nSPS) is 10.6. The number of hydrogen-bond donors (Lipinski definition) is 0. The van der Waals surface area contributed by atoms with E-state index in [4.69, 9.17) is 0 Å². The molecule has 0 amide bonds. The van der Waals surface area contributed by atoms with E-state index in [0.29, 0.717) is 0 Å². The third kappa shape index (κ3) is 3.33. The van der Waals surface area contributed by atoms with E-state index in [1.54, 1.807) is 0 Å². The Bertz CT molecular complexity index is 458. The highest BCUT2D eigenvalue weighted by molar-refractivity contribution is 7.98. The van der Waals surface area contributed by atoms with Crippen LogP contribution in [0.4, 0.5) is 0 Å². The maximum Gasteiger partial charge on any atom is 0.0101 e. The maximum absolute atomic E-state index is 2.24. The second-order valence-electron chi connectivity index (χ2n) is 4.12. The van der Waals surface area contributed by atoms with Crippen LogP contribution in [0.1, 0.15) is 11.1 Å². The first-order valence-corrected chi connectivity index (χ1v) is 8.54. The predicted octanol–water partition coefficient (Wildman–Crippen LogP) is 4.92. The number of thioether (sulfide) groups is 2. The van der Waals surface area contributed by atoms with Gasteiger partial charge in [-0.05, 0) is 48.6 Å². The fraction of sp³-hybridized carbons (Fsp3) is 0.250. The first kappa shape index (κ1) is 13.6. The molecule has 0 saturated heterocycles. The van der Waals surface area contributed by atoms with E-state index in [0.717, 1.165) is 12.8 Å². The van der Waals surface area contributed by atoms with Gasteiger partial charge in [0.25, 0.3) is 0 Å². The van der Waals surface area contributed by atoms with Gasteiger partial charge < -0.3 is 0 Å². The molecule has 0 fully saturated rings. The first-order valence-electron chi connectivity index (χ1n) is 6.09. The van der Waals surface area contributed by atoms with E-state index in [2.05, 4.69) is 61.0 Å². The second kappa shape index (κ2) is 6.91. The van der Waals surface area contributed by atoms with Gasteiger partial charge in [0.05, 0.1) is 0 Å². The number of benzene rings is 2. The summed E-state index contributed by atoms with van der Waals surface area (Å²) in [4.78, 5) is 2.80. The summed E-state index contributed by atoms with van der Waals surface area (Å²) in [5, 5.41) is 0. The molecule has 0 bridgehead atoms. The van der Waals surface area contributed by atoms with Gasteiger partial charge in [-0.15, -0.1) is 23.5 Å². The highest BCUT2D eigenvalue weighted by Crippen LogP contribution is 2.24. The molecule has 0 radical (unpaired) electrons. The minimum absolute atomic E-state index is 1.12. The lowest BCUT2D eigenvalue weighted by atomic mass is 10.0. The van der Waals surface area contributed by atoms with Crippen LogP contribution in [0, 0.1) is 0 Å². The van der Waals surface area contributed by atoms with Crippen LogP contribution in [0.2, 0.25) is 0 Å². The molecule has 0 nitrogen and oxygen atoms in total. The molecule has 0 saturated carbocycles. The first-order chi connectivity index (χ1) is 8.85. The highest BCUT2D eigenvalue weighted by Gasteiger charge is 2.04. The molecule has 0 aliphatic heterocycles. The molecule has 0 atom stereocenters. The van der Waals surface area contributed by atoms with Crippen LogP contribution in [0.25, 0.3) is 0 Å². The molecule has 0 aliphatic rings. The Labute approximate surface area is 118 Å². The molecule has 0 unspecified atom stereocenters. The molecule has 0 heterocycles. The Morgan fingerprint density at radius 2 is 1.06 bits per heavy atom. The van der Waals surface area contributed by atoms with Gasteiger partial charge in [-0.25, -0.2) is 0 Å². The van der Waals surface area contributed by atoms with Crippen molar-refractivity contribution in [2.24, 2.45) is 0 Å². The lowest BCUT2D eigenvalue weighted by Crippen LogP contribution is -1.94. The van der Waals surface area contributed by atoms with Gasteiger partial charge >= 0.3 is 0 Å². The molecule has 18 heavy (non-hydrogen) atoms. The maximum atomic E-state index is 2.24. The van der Waals surface area contributed by atoms with Gasteiger partial charge in [-0.1, -0.05) is 36.4 Å². The minimum Gasteiger partial charge on any atom is -0.129 e. The molecule has 0 aromatic heterocycles. The van der Waals surface area contributed by atoms with Crippen molar-refractivity contribution in [3.63, 3.8) is 0 Å². The zero-order valence-corrected chi connectivity index (χ0v) is 12.5. The molecule has 0 N–H and O–H groups in total. The van der Waals surface area contributed by atoms with E-state index in [9.17, 15) is 0 Å². The molecule has 0 aliphatic carbocycles. The fourth-order valence-electron chi connectivity index (χ4n) is 2.09. The van der Waals surface area contributed by atoms with E-state index >= 15 is 0 Å². The Morgan fingerprint density at radius 3 is 1.44 bits per heavy atom. The van der Waals surface area contributed by atoms with Gasteiger partial charge in [0.15, 0.2) is 0 Å². The molecular formula is C16H18S2. The van der Waals surface area contributed by atoms with Crippen molar-refractivity contribution in [1.29, 1.82) is 0 Å². The SMILES string of the molecule is CSc1ccccc1CCc1ccccc1SC. The average Bonchev–Trinajstić information content (AvgIpc) is 2.45. The van der Waals surface area contributed by atoms with Crippen LogP contribution in [0.3, 0.4) is 0 Å². The average molecular weight is 274 g/mol. The summed E-state index contributed by atoms with van der Waals surface area (Å²) in [6, 6.07) is 17.4. The van der Waals surface area contributed by atoms with Crippen molar-refractivity contribution in [3.05, 3.63) is 59.7 Å². The van der Waals surface area contributed by atoms with Crippen LogP contribution in [-0.2, 0) is 12.8 Å². The minimum atomic E-state index is 1.12. The Kier molecular flexibility index (Phi) is 5.21. The standard InChI is InChI=1S/C16H18S2/c1-17-15-9-5-3-7-13(15)11-12-14-8-4-6-10-16(14)18-2/h3-10H,11-12H2,1-2H3. The summed E-state index contributed by atoms with van der Waals surface area (Å²) >= 11 is 3.67. The van der Waals surface area contributed by atoms with Gasteiger partial charge in [0, 0.05) is 9.79 Å². The van der Waals surface area contributed by atoms with E-state index in [-0.39, 0.29) is 0 Å². The third-order valence-corrected chi connectivity index (χ3v) is 4.72. The van der Waals surface area contributed by atoms with Crippen LogP contribution < -0.4 is 0 Å². The Hall–Kier alpha value is -0.860. The van der Waals surface area contributed by atoms with Crippen molar-refractivity contribution in [2.75, 3.05) is 12.5 Å². The van der Waals surface area contributed by atoms with Gasteiger partial charge in [-0.3, -0.25) is 0 Å². The van der Waals surface area contributed by atoms with Crippen LogP contribution in [0.5, 0.6) is 0 Å². The zero-order valence-electron chi connectivity index (χ0n) is 10.8. The summed E-state index contributed by atoms with van der Waals surface area (Å²) in [6.45, 7) is 0. The highest BCUT2D eigenvalue weighted by atomic mass is 32.2. The summed E-state index contributed by atoms with van der Waals surface area (Å²) in [5.41, 5.74) is 2.92. The summed E-state index contributed by atoms with van der Waals surface area (Å²) in [7, 11) is 0. The number of aryl methyl sites for hydroxylation is 2. The van der Waals surface area contributed by atoms with Gasteiger partial charge in [-0.2, -0.15) is 0 Å². The number of rotatable bonds is 5. The zero-order chi connectivity index (χ0) is 12.8. The quantitative estimate of drug-likeness (QED) is 0.710. The van der Waals surface area contributed by atoms with Crippen molar-refractivity contribution >= 4 is 23.5 Å². The lowest BCUT2D eigenvalue weighted by Gasteiger charge is -2.09. The van der Waals surface area contributed by atoms with Gasteiger partial charge in [0.2, 0.25) is 0 Å². The van der Waals surface area contributed by atoms with Crippen LogP contribution in [-0.4, -0.2) is 12.5 Å². The fourth-order valence-corrected chi connectivity index (χ4v) is 3.38. The molecule has 94 valence electrons. The monoisotopic (exact) mass is 274 g/mol. The molecule has 0 spiro atoms. The Balaban J connectivity index is 2.11. The summed E-state index contributed by atoms with van der Waals surface area (Å²) < 4.78 is 0. The Morgan fingerprint density at radius 1 is 0.667 bits per heavy atom. The van der Waals surface area contributed by atoms with Crippen LogP contribution >= 0.6 is 23.5 Å². The molecular weight excluding hydrogens is 256 g/mol. The van der Waals surface area contributed by atoms with Crippen molar-refractivity contribution in [2.45, 2.75) is 22.6 Å². The molecule has 2 rings (SSSR count). The lowest BCUT2D eigenvalue weighted by molar-refractivity contribution is 0.915. The summed E-state index contributed by atoms with van der Waals surface area (Å²) in [5.74, 6) is 0. The summed E-state index contributed by atoms with van der Waals surface area (Å²) in [6.07, 6.45) is 6.53. The molecule has 2 aromatic rings. The van der Waals surface area contributed by atoms with E-state index < -0.39 is 0 Å². The topological polar surface area (TPSA) is 0 Å². The van der Waals surface area contributed by atoms with Crippen LogP contribution in [0.15, 0.2) is 58.3 Å². The van der Waals surface area contributed by atoms with Crippen molar-refractivity contribution in [1.82, 2.24) is 0 Å². The van der Waals surface area contributed by atoms with Crippen molar-refractivity contribution in [3.8, 4) is 0 Å². The molecule has 2 heteroatoms. The predicted molar refractivity (Wildman–Crippen MR) is 83.9 cm³/mol. The van der Waals surface area contributed by atoms with Crippen molar-refractivity contribution < 1.29 is 0 Å². The smallest absolute Gasteiger partial charge is 0.0101 e. The number of hydrogen-bond acceptors (Lipinski definition) is 2. The van der Waals surface area contributed by atoms with E-state index in [1.807, 2.05) is 23.5 Å². The van der Waals surface area contributed by atoms with Gasteiger partial charge in [0.1, 0.15) is 0 Å². The molecule has 2 aromatic carbocycles. The third-order valence-electron chi connectivity index (χ3n) is 3.05.